The first-order valence-electron chi connectivity index (χ1n) is 8.34. The number of thiophene rings is 1. The van der Waals surface area contributed by atoms with E-state index in [1.165, 1.54) is 11.3 Å². The Kier molecular flexibility index (Phi) is 4.84. The Morgan fingerprint density at radius 1 is 0.964 bits per heavy atom. The standard InChI is InChI=1S/C19H16N4O3S2/c1-14-4-11-19(27-14)28(24,25)22-15-5-7-16(8-6-15)26-18-10-9-17(20-21-18)23-12-2-3-13-23/h2-13,22H,1H3. The number of sulfonamides is 1. The van der Waals surface area contributed by atoms with Gasteiger partial charge in [0.2, 0.25) is 5.88 Å². The van der Waals surface area contributed by atoms with Crippen molar-refractivity contribution in [2.75, 3.05) is 4.72 Å². The van der Waals surface area contributed by atoms with Gasteiger partial charge in [-0.05, 0) is 61.5 Å². The van der Waals surface area contributed by atoms with Gasteiger partial charge in [0, 0.05) is 29.0 Å². The summed E-state index contributed by atoms with van der Waals surface area (Å²) in [7, 11) is -3.59. The number of nitrogens with zero attached hydrogens (tertiary/aromatic N) is 3. The summed E-state index contributed by atoms with van der Waals surface area (Å²) in [5.41, 5.74) is 0.451. The molecular formula is C19H16N4O3S2. The smallest absolute Gasteiger partial charge is 0.271 e. The molecule has 0 aliphatic heterocycles. The Hall–Kier alpha value is -3.17. The summed E-state index contributed by atoms with van der Waals surface area (Å²) in [6.45, 7) is 1.86. The summed E-state index contributed by atoms with van der Waals surface area (Å²) in [6, 6.07) is 17.3. The molecule has 4 aromatic rings. The summed E-state index contributed by atoms with van der Waals surface area (Å²) < 4.78 is 35.1. The number of hydrogen-bond donors (Lipinski definition) is 1. The molecule has 0 spiro atoms. The number of nitrogens with one attached hydrogen (secondary N) is 1. The van der Waals surface area contributed by atoms with Crippen molar-refractivity contribution in [3.63, 3.8) is 0 Å². The van der Waals surface area contributed by atoms with E-state index in [0.717, 1.165) is 4.88 Å². The minimum absolute atomic E-state index is 0.281. The third kappa shape index (κ3) is 4.05. The topological polar surface area (TPSA) is 86.1 Å². The summed E-state index contributed by atoms with van der Waals surface area (Å²) in [4.78, 5) is 0.938. The fourth-order valence-electron chi connectivity index (χ4n) is 2.47. The van der Waals surface area contributed by atoms with Crippen molar-refractivity contribution in [1.82, 2.24) is 14.8 Å². The van der Waals surface area contributed by atoms with Crippen molar-refractivity contribution in [3.05, 3.63) is 77.9 Å². The summed E-state index contributed by atoms with van der Waals surface area (Å²) in [5, 5.41) is 8.17. The Bertz CT molecular complexity index is 1170. The van der Waals surface area contributed by atoms with Crippen LogP contribution in [0.3, 0.4) is 0 Å². The number of aromatic nitrogens is 3. The number of hydrogen-bond acceptors (Lipinski definition) is 6. The zero-order valence-electron chi connectivity index (χ0n) is 14.8. The molecule has 7 nitrogen and oxygen atoms in total. The lowest BCUT2D eigenvalue weighted by Gasteiger charge is -2.08. The zero-order valence-corrected chi connectivity index (χ0v) is 16.4. The van der Waals surface area contributed by atoms with Crippen LogP contribution in [0.5, 0.6) is 11.6 Å². The van der Waals surface area contributed by atoms with Gasteiger partial charge in [-0.1, -0.05) is 0 Å². The average molecular weight is 412 g/mol. The first-order valence-corrected chi connectivity index (χ1v) is 10.6. The summed E-state index contributed by atoms with van der Waals surface area (Å²) in [5.74, 6) is 1.56. The molecule has 3 aromatic heterocycles. The van der Waals surface area contributed by atoms with Crippen LogP contribution in [0.4, 0.5) is 5.69 Å². The molecule has 0 aliphatic carbocycles. The largest absolute Gasteiger partial charge is 0.438 e. The Labute approximate surface area is 166 Å². The monoisotopic (exact) mass is 412 g/mol. The summed E-state index contributed by atoms with van der Waals surface area (Å²) in [6.07, 6.45) is 3.75. The second-order valence-corrected chi connectivity index (χ2v) is 9.11. The van der Waals surface area contributed by atoms with Crippen LogP contribution >= 0.6 is 11.3 Å². The third-order valence-corrected chi connectivity index (χ3v) is 6.68. The molecule has 142 valence electrons. The molecular weight excluding hydrogens is 396 g/mol. The molecule has 0 unspecified atom stereocenters. The summed E-state index contributed by atoms with van der Waals surface area (Å²) >= 11 is 1.23. The van der Waals surface area contributed by atoms with Gasteiger partial charge in [0.25, 0.3) is 10.0 Å². The van der Waals surface area contributed by atoms with E-state index in [2.05, 4.69) is 14.9 Å². The van der Waals surface area contributed by atoms with Crippen LogP contribution in [0.1, 0.15) is 4.88 Å². The quantitative estimate of drug-likeness (QED) is 0.512. The van der Waals surface area contributed by atoms with E-state index in [1.54, 1.807) is 48.5 Å². The van der Waals surface area contributed by atoms with Crippen LogP contribution in [-0.2, 0) is 10.0 Å². The third-order valence-electron chi connectivity index (χ3n) is 3.80. The van der Waals surface area contributed by atoms with Crippen molar-refractivity contribution < 1.29 is 13.2 Å². The highest BCUT2D eigenvalue weighted by atomic mass is 32.2. The van der Waals surface area contributed by atoms with Crippen molar-refractivity contribution in [3.8, 4) is 17.4 Å². The second-order valence-electron chi connectivity index (χ2n) is 5.92. The van der Waals surface area contributed by atoms with Crippen molar-refractivity contribution in [2.45, 2.75) is 11.1 Å². The van der Waals surface area contributed by atoms with E-state index in [4.69, 9.17) is 4.74 Å². The first-order chi connectivity index (χ1) is 13.5. The van der Waals surface area contributed by atoms with E-state index >= 15 is 0 Å². The normalized spacial score (nSPS) is 11.3. The van der Waals surface area contributed by atoms with Crippen LogP contribution in [0, 0.1) is 6.92 Å². The zero-order chi connectivity index (χ0) is 19.6. The molecule has 0 atom stereocenters. The highest BCUT2D eigenvalue weighted by Crippen LogP contribution is 2.25. The number of ether oxygens (including phenoxy) is 1. The predicted octanol–water partition coefficient (Wildman–Crippen LogP) is 4.23. The van der Waals surface area contributed by atoms with Gasteiger partial charge in [-0.2, -0.15) is 0 Å². The first kappa shape index (κ1) is 18.2. The number of anilines is 1. The molecule has 3 heterocycles. The molecule has 0 fully saturated rings. The Balaban J connectivity index is 1.43. The molecule has 0 radical (unpaired) electrons. The van der Waals surface area contributed by atoms with Gasteiger partial charge in [-0.15, -0.1) is 21.5 Å². The molecule has 28 heavy (non-hydrogen) atoms. The van der Waals surface area contributed by atoms with Gasteiger partial charge >= 0.3 is 0 Å². The molecule has 1 N–H and O–H groups in total. The van der Waals surface area contributed by atoms with Crippen LogP contribution in [-0.4, -0.2) is 23.2 Å². The molecule has 0 amide bonds. The minimum Gasteiger partial charge on any atom is -0.438 e. The number of benzene rings is 1. The molecule has 0 bridgehead atoms. The van der Waals surface area contributed by atoms with E-state index in [0.29, 0.717) is 23.1 Å². The minimum atomic E-state index is -3.59. The second kappa shape index (κ2) is 7.45. The maximum Gasteiger partial charge on any atom is 0.271 e. The van der Waals surface area contributed by atoms with Crippen LogP contribution in [0.15, 0.2) is 77.3 Å². The highest BCUT2D eigenvalue weighted by Gasteiger charge is 2.16. The van der Waals surface area contributed by atoms with Crippen molar-refractivity contribution >= 4 is 27.0 Å². The molecule has 0 saturated heterocycles. The van der Waals surface area contributed by atoms with Gasteiger partial charge in [0.15, 0.2) is 5.82 Å². The number of rotatable bonds is 6. The maximum atomic E-state index is 12.4. The Morgan fingerprint density at radius 2 is 1.71 bits per heavy atom. The van der Waals surface area contributed by atoms with Gasteiger partial charge in [0.05, 0.1) is 0 Å². The molecule has 0 saturated carbocycles. The van der Waals surface area contributed by atoms with Gasteiger partial charge in [-0.3, -0.25) is 4.72 Å². The molecule has 4 rings (SSSR count). The molecule has 9 heteroatoms. The van der Waals surface area contributed by atoms with Gasteiger partial charge in [0.1, 0.15) is 9.96 Å². The van der Waals surface area contributed by atoms with Crippen LogP contribution in [0.25, 0.3) is 5.82 Å². The fourth-order valence-corrected chi connectivity index (χ4v) is 4.81. The molecule has 0 aliphatic rings. The van der Waals surface area contributed by atoms with Crippen molar-refractivity contribution in [1.29, 1.82) is 0 Å². The lowest BCUT2D eigenvalue weighted by atomic mass is 10.3. The Morgan fingerprint density at radius 3 is 2.32 bits per heavy atom. The fraction of sp³-hybridized carbons (Fsp3) is 0.0526. The van der Waals surface area contributed by atoms with E-state index < -0.39 is 10.0 Å². The lowest BCUT2D eigenvalue weighted by molar-refractivity contribution is 0.454. The molecule has 1 aromatic carbocycles. The SMILES string of the molecule is Cc1ccc(S(=O)(=O)Nc2ccc(Oc3ccc(-n4cccc4)nn3)cc2)s1. The van der Waals surface area contributed by atoms with Crippen molar-refractivity contribution in [2.24, 2.45) is 0 Å². The van der Waals surface area contributed by atoms with Gasteiger partial charge < -0.3 is 9.30 Å². The lowest BCUT2D eigenvalue weighted by Crippen LogP contribution is -2.11. The predicted molar refractivity (Wildman–Crippen MR) is 108 cm³/mol. The maximum absolute atomic E-state index is 12.4. The van der Waals surface area contributed by atoms with E-state index in [-0.39, 0.29) is 4.21 Å². The van der Waals surface area contributed by atoms with E-state index in [1.807, 2.05) is 36.0 Å². The van der Waals surface area contributed by atoms with Crippen LogP contribution < -0.4 is 9.46 Å². The highest BCUT2D eigenvalue weighted by molar-refractivity contribution is 7.94. The van der Waals surface area contributed by atoms with Gasteiger partial charge in [-0.25, -0.2) is 8.42 Å². The average Bonchev–Trinajstić information content (AvgIpc) is 3.36. The van der Waals surface area contributed by atoms with E-state index in [9.17, 15) is 8.42 Å². The number of aryl methyl sites for hydroxylation is 1. The van der Waals surface area contributed by atoms with Crippen LogP contribution in [0.2, 0.25) is 0 Å².